The van der Waals surface area contributed by atoms with Crippen LogP contribution in [0.15, 0.2) is 5.03 Å². The van der Waals surface area contributed by atoms with E-state index in [1.807, 2.05) is 18.7 Å². The summed E-state index contributed by atoms with van der Waals surface area (Å²) in [6.07, 6.45) is 3.49. The normalized spacial score (nSPS) is 15.2. The van der Waals surface area contributed by atoms with Crippen LogP contribution in [0.3, 0.4) is 0 Å². The summed E-state index contributed by atoms with van der Waals surface area (Å²) in [7, 11) is 0. The molecule has 25 heavy (non-hydrogen) atoms. The van der Waals surface area contributed by atoms with Crippen molar-refractivity contribution in [2.45, 2.75) is 83.2 Å². The number of rotatable bonds is 5. The van der Waals surface area contributed by atoms with Crippen molar-refractivity contribution in [2.24, 2.45) is 0 Å². The van der Waals surface area contributed by atoms with Gasteiger partial charge < -0.3 is 4.90 Å². The van der Waals surface area contributed by atoms with E-state index in [1.165, 1.54) is 22.2 Å². The van der Waals surface area contributed by atoms with E-state index in [1.54, 1.807) is 23.1 Å². The fourth-order valence-corrected chi connectivity index (χ4v) is 6.13. The van der Waals surface area contributed by atoms with Gasteiger partial charge in [-0.2, -0.15) is 0 Å². The van der Waals surface area contributed by atoms with Gasteiger partial charge in [-0.3, -0.25) is 4.79 Å². The molecule has 136 valence electrons. The predicted molar refractivity (Wildman–Crippen MR) is 107 cm³/mol. The Morgan fingerprint density at radius 1 is 1.12 bits per heavy atom. The second kappa shape index (κ2) is 7.23. The van der Waals surface area contributed by atoms with Gasteiger partial charge in [-0.1, -0.05) is 11.8 Å². The van der Waals surface area contributed by atoms with E-state index in [0.717, 1.165) is 28.5 Å². The Morgan fingerprint density at radius 2 is 1.80 bits per heavy atom. The second-order valence-electron chi connectivity index (χ2n) is 7.31. The first-order valence-electron chi connectivity index (χ1n) is 9.07. The van der Waals surface area contributed by atoms with Crippen molar-refractivity contribution in [1.29, 1.82) is 0 Å². The van der Waals surface area contributed by atoms with Gasteiger partial charge in [-0.05, 0) is 66.4 Å². The Morgan fingerprint density at radius 3 is 2.44 bits per heavy atom. The standard InChI is InChI=1S/C19H27N3OS2/c1-10(2)22(11(3)4)19(23)12(5)24-17-16-14-8-7-9-15(14)25-18(16)21-13(6)20-17/h10-12H,7-9H2,1-6H3/t12-/m1/s1. The molecule has 1 amide bonds. The zero-order chi connectivity index (χ0) is 18.3. The number of aryl methyl sites for hydroxylation is 3. The maximum absolute atomic E-state index is 13.0. The highest BCUT2D eigenvalue weighted by molar-refractivity contribution is 8.00. The number of amides is 1. The summed E-state index contributed by atoms with van der Waals surface area (Å²) in [5.74, 6) is 0.977. The maximum atomic E-state index is 13.0. The molecule has 0 N–H and O–H groups in total. The molecule has 0 fully saturated rings. The molecule has 6 heteroatoms. The van der Waals surface area contributed by atoms with Crippen LogP contribution in [0.4, 0.5) is 0 Å². The van der Waals surface area contributed by atoms with E-state index >= 15 is 0 Å². The number of carbonyl (C=O) groups is 1. The fourth-order valence-electron chi connectivity index (χ4n) is 3.68. The summed E-state index contributed by atoms with van der Waals surface area (Å²) >= 11 is 3.40. The van der Waals surface area contributed by atoms with Crippen LogP contribution in [-0.2, 0) is 17.6 Å². The first kappa shape index (κ1) is 18.6. The number of hydrogen-bond acceptors (Lipinski definition) is 5. The zero-order valence-corrected chi connectivity index (χ0v) is 17.6. The molecule has 4 nitrogen and oxygen atoms in total. The van der Waals surface area contributed by atoms with E-state index in [-0.39, 0.29) is 23.2 Å². The minimum atomic E-state index is -0.153. The number of carbonyl (C=O) groups excluding carboxylic acids is 1. The van der Waals surface area contributed by atoms with Gasteiger partial charge in [0.15, 0.2) is 0 Å². The van der Waals surface area contributed by atoms with Crippen molar-refractivity contribution in [1.82, 2.24) is 14.9 Å². The lowest BCUT2D eigenvalue weighted by atomic mass is 10.2. The van der Waals surface area contributed by atoms with Crippen molar-refractivity contribution in [2.75, 3.05) is 0 Å². The average molecular weight is 378 g/mol. The van der Waals surface area contributed by atoms with E-state index in [9.17, 15) is 4.79 Å². The Labute approximate surface area is 158 Å². The highest BCUT2D eigenvalue weighted by atomic mass is 32.2. The molecule has 1 aliphatic carbocycles. The Hall–Kier alpha value is -1.14. The first-order valence-corrected chi connectivity index (χ1v) is 10.8. The summed E-state index contributed by atoms with van der Waals surface area (Å²) in [4.78, 5) is 26.9. The number of thioether (sulfide) groups is 1. The molecule has 0 radical (unpaired) electrons. The van der Waals surface area contributed by atoms with Crippen LogP contribution in [0.2, 0.25) is 0 Å². The molecule has 0 saturated carbocycles. The SMILES string of the molecule is Cc1nc(S[C@H](C)C(=O)N(C(C)C)C(C)C)c2c3c(sc2n1)CCC3. The first-order chi connectivity index (χ1) is 11.8. The van der Waals surface area contributed by atoms with Crippen molar-refractivity contribution in [3.8, 4) is 0 Å². The van der Waals surface area contributed by atoms with Gasteiger partial charge in [0, 0.05) is 22.3 Å². The van der Waals surface area contributed by atoms with Crippen molar-refractivity contribution >= 4 is 39.2 Å². The van der Waals surface area contributed by atoms with Gasteiger partial charge in [0.2, 0.25) is 5.91 Å². The lowest BCUT2D eigenvalue weighted by Gasteiger charge is -2.32. The Balaban J connectivity index is 1.93. The molecule has 2 heterocycles. The van der Waals surface area contributed by atoms with Crippen LogP contribution in [0.1, 0.15) is 57.3 Å². The third-order valence-electron chi connectivity index (χ3n) is 4.65. The van der Waals surface area contributed by atoms with Crippen LogP contribution in [0, 0.1) is 6.92 Å². The maximum Gasteiger partial charge on any atom is 0.236 e. The van der Waals surface area contributed by atoms with Crippen molar-refractivity contribution < 1.29 is 4.79 Å². The highest BCUT2D eigenvalue weighted by Gasteiger charge is 2.28. The summed E-state index contributed by atoms with van der Waals surface area (Å²) in [5.41, 5.74) is 1.42. The molecule has 2 aromatic rings. The fraction of sp³-hybridized carbons (Fsp3) is 0.632. The molecule has 3 rings (SSSR count). The molecule has 0 bridgehead atoms. The Kier molecular flexibility index (Phi) is 5.40. The third kappa shape index (κ3) is 3.56. The van der Waals surface area contributed by atoms with E-state index < -0.39 is 0 Å². The molecule has 0 spiro atoms. The number of aromatic nitrogens is 2. The predicted octanol–water partition coefficient (Wildman–Crippen LogP) is 4.61. The number of fused-ring (bicyclic) bond motifs is 3. The van der Waals surface area contributed by atoms with Gasteiger partial charge in [-0.15, -0.1) is 11.3 Å². The molecule has 0 aromatic carbocycles. The summed E-state index contributed by atoms with van der Waals surface area (Å²) in [6.45, 7) is 12.3. The molecular formula is C19H27N3OS2. The zero-order valence-electron chi connectivity index (χ0n) is 15.9. The average Bonchev–Trinajstić information content (AvgIpc) is 3.05. The second-order valence-corrected chi connectivity index (χ2v) is 9.72. The topological polar surface area (TPSA) is 46.1 Å². The summed E-state index contributed by atoms with van der Waals surface area (Å²) < 4.78 is 0. The van der Waals surface area contributed by atoms with Crippen LogP contribution in [0.25, 0.3) is 10.2 Å². The van der Waals surface area contributed by atoms with Crippen LogP contribution in [-0.4, -0.2) is 38.1 Å². The molecule has 0 aliphatic heterocycles. The van der Waals surface area contributed by atoms with Gasteiger partial charge in [0.25, 0.3) is 0 Å². The van der Waals surface area contributed by atoms with Gasteiger partial charge in [-0.25, -0.2) is 9.97 Å². The minimum Gasteiger partial charge on any atom is -0.337 e. The lowest BCUT2D eigenvalue weighted by Crippen LogP contribution is -2.45. The van der Waals surface area contributed by atoms with Crippen LogP contribution >= 0.6 is 23.1 Å². The summed E-state index contributed by atoms with van der Waals surface area (Å²) in [5, 5.41) is 2.03. The Bertz CT molecular complexity index is 790. The molecular weight excluding hydrogens is 350 g/mol. The highest BCUT2D eigenvalue weighted by Crippen LogP contribution is 2.41. The molecule has 0 saturated heterocycles. The van der Waals surface area contributed by atoms with E-state index in [2.05, 4.69) is 32.7 Å². The van der Waals surface area contributed by atoms with Crippen LogP contribution in [0.5, 0.6) is 0 Å². The van der Waals surface area contributed by atoms with Crippen molar-refractivity contribution in [3.63, 3.8) is 0 Å². The molecule has 2 aromatic heterocycles. The molecule has 1 aliphatic rings. The minimum absolute atomic E-state index is 0.153. The monoisotopic (exact) mass is 377 g/mol. The third-order valence-corrected chi connectivity index (χ3v) is 6.91. The molecule has 0 unspecified atom stereocenters. The van der Waals surface area contributed by atoms with Gasteiger partial charge in [0.1, 0.15) is 15.7 Å². The largest absolute Gasteiger partial charge is 0.337 e. The number of thiophene rings is 1. The lowest BCUT2D eigenvalue weighted by molar-refractivity contribution is -0.133. The van der Waals surface area contributed by atoms with Gasteiger partial charge >= 0.3 is 0 Å². The molecule has 1 atom stereocenters. The summed E-state index contributed by atoms with van der Waals surface area (Å²) in [6, 6.07) is 0.404. The van der Waals surface area contributed by atoms with Crippen LogP contribution < -0.4 is 0 Å². The van der Waals surface area contributed by atoms with E-state index in [4.69, 9.17) is 4.98 Å². The smallest absolute Gasteiger partial charge is 0.236 e. The number of nitrogens with zero attached hydrogens (tertiary/aromatic N) is 3. The van der Waals surface area contributed by atoms with Gasteiger partial charge in [0.05, 0.1) is 5.25 Å². The quantitative estimate of drug-likeness (QED) is 0.564. The number of hydrogen-bond donors (Lipinski definition) is 0. The van der Waals surface area contributed by atoms with E-state index in [0.29, 0.717) is 0 Å². The van der Waals surface area contributed by atoms with Crippen molar-refractivity contribution in [3.05, 3.63) is 16.3 Å².